The van der Waals surface area contributed by atoms with Crippen LogP contribution in [0.2, 0.25) is 0 Å². The van der Waals surface area contributed by atoms with Gasteiger partial charge in [0.15, 0.2) is 23.2 Å². The zero-order chi connectivity index (χ0) is 30.4. The number of rotatable bonds is 15. The third-order valence-electron chi connectivity index (χ3n) is 6.08. The summed E-state index contributed by atoms with van der Waals surface area (Å²) in [5, 5.41) is 6.10. The molecule has 16 nitrogen and oxygen atoms in total. The standard InChI is InChI=1S/C23H32N8O8S2.CH4.H2S/c1-23(2)16(21(33)31(23)39-41(34,35)36)9-18(32)19(17-12-40-22(27)29-17)30-38-8-7-37-15-5-3-13(4-6-15)20(26)28-14(10-24)11-25;;/h3-6,12,14,16H,7-11,24-25H2,1-2H3,(H2,26,28)(H2,27,29)(H,34,35,36);1H4;1H2/b30-19-;;. The highest BCUT2D eigenvalue weighted by Crippen LogP contribution is 2.40. The van der Waals surface area contributed by atoms with Crippen LogP contribution in [-0.4, -0.2) is 84.1 Å². The number of thiazole rings is 1. The fourth-order valence-corrected chi connectivity index (χ4v) is 4.79. The summed E-state index contributed by atoms with van der Waals surface area (Å²) in [6.45, 7) is 3.56. The first-order chi connectivity index (χ1) is 19.3. The van der Waals surface area contributed by atoms with Crippen molar-refractivity contribution >= 4 is 63.6 Å². The normalized spacial score (nSPS) is 16.7. The summed E-state index contributed by atoms with van der Waals surface area (Å²) in [6.07, 6.45) is -0.358. The molecule has 1 amide bonds. The number of nitrogens with two attached hydrogens (primary N) is 4. The number of hydrogen-bond donors (Lipinski definition) is 5. The Bertz CT molecular complexity index is 1410. The van der Waals surface area contributed by atoms with E-state index in [1.165, 1.54) is 19.2 Å². The van der Waals surface area contributed by atoms with E-state index in [1.807, 2.05) is 0 Å². The summed E-state index contributed by atoms with van der Waals surface area (Å²) in [5.41, 5.74) is 22.3. The van der Waals surface area contributed by atoms with Crippen molar-refractivity contribution in [3.05, 3.63) is 40.9 Å². The smallest absolute Gasteiger partial charge is 0.418 e. The number of hydroxylamine groups is 2. The number of oxime groups is 1. The Morgan fingerprint density at radius 1 is 1.21 bits per heavy atom. The number of nitrogens with zero attached hydrogens (tertiary/aromatic N) is 4. The van der Waals surface area contributed by atoms with E-state index in [1.54, 1.807) is 24.3 Å². The lowest BCUT2D eigenvalue weighted by Crippen LogP contribution is -2.68. The molecule has 0 spiro atoms. The van der Waals surface area contributed by atoms with Crippen molar-refractivity contribution in [3.8, 4) is 5.75 Å². The Kier molecular flexibility index (Phi) is 14.0. The lowest BCUT2D eigenvalue weighted by molar-refractivity contribution is -0.228. The molecule has 2 heterocycles. The molecule has 19 heteroatoms. The third kappa shape index (κ3) is 9.85. The van der Waals surface area contributed by atoms with Crippen LogP contribution in [0.3, 0.4) is 0 Å². The van der Waals surface area contributed by atoms with Crippen molar-refractivity contribution in [2.24, 2.45) is 33.3 Å². The van der Waals surface area contributed by atoms with Gasteiger partial charge in [-0.15, -0.1) is 15.6 Å². The molecule has 9 N–H and O–H groups in total. The molecular weight excluding hydrogens is 625 g/mol. The molecule has 1 atom stereocenters. The molecule has 1 aromatic heterocycles. The molecular formula is C24H38N8O8S3. The average molecular weight is 663 g/mol. The van der Waals surface area contributed by atoms with E-state index >= 15 is 0 Å². The van der Waals surface area contributed by atoms with E-state index in [4.69, 9.17) is 37.1 Å². The Balaban J connectivity index is 0.00000462. The summed E-state index contributed by atoms with van der Waals surface area (Å²) in [5.74, 6) is -1.53. The number of Topliss-reactive ketones (excluding diaryl/α,β-unsaturated/α-hetero) is 1. The van der Waals surface area contributed by atoms with Crippen LogP contribution in [0, 0.1) is 5.92 Å². The molecule has 1 fully saturated rings. The molecule has 1 saturated heterocycles. The van der Waals surface area contributed by atoms with Crippen LogP contribution >= 0.6 is 24.8 Å². The fraction of sp³-hybridized carbons (Fsp3) is 0.458. The zero-order valence-corrected chi connectivity index (χ0v) is 25.4. The number of ketones is 1. The van der Waals surface area contributed by atoms with Gasteiger partial charge in [0.25, 0.3) is 5.91 Å². The molecule has 0 radical (unpaired) electrons. The number of nitrogen functional groups attached to an aromatic ring is 1. The minimum absolute atomic E-state index is 0. The molecule has 1 aliphatic heterocycles. The molecule has 1 aliphatic rings. The van der Waals surface area contributed by atoms with Crippen LogP contribution in [0.25, 0.3) is 0 Å². The van der Waals surface area contributed by atoms with Crippen LogP contribution < -0.4 is 27.7 Å². The van der Waals surface area contributed by atoms with Crippen LogP contribution in [0.1, 0.15) is 39.0 Å². The maximum atomic E-state index is 13.1. The summed E-state index contributed by atoms with van der Waals surface area (Å²) >= 11 is 1.08. The third-order valence-corrected chi connectivity index (χ3v) is 7.09. The van der Waals surface area contributed by atoms with Crippen molar-refractivity contribution in [2.45, 2.75) is 39.3 Å². The van der Waals surface area contributed by atoms with Crippen molar-refractivity contribution in [2.75, 3.05) is 32.0 Å². The van der Waals surface area contributed by atoms with Gasteiger partial charge in [-0.1, -0.05) is 12.6 Å². The van der Waals surface area contributed by atoms with Gasteiger partial charge in [-0.2, -0.15) is 27.0 Å². The maximum Gasteiger partial charge on any atom is 0.418 e. The van der Waals surface area contributed by atoms with Crippen molar-refractivity contribution < 1.29 is 36.4 Å². The summed E-state index contributed by atoms with van der Waals surface area (Å²) in [7, 11) is -4.92. The van der Waals surface area contributed by atoms with Crippen molar-refractivity contribution in [1.29, 1.82) is 0 Å². The summed E-state index contributed by atoms with van der Waals surface area (Å²) < 4.78 is 40.9. The first-order valence-corrected chi connectivity index (χ1v) is 14.4. The Hall–Kier alpha value is -3.33. The topological polar surface area (TPSA) is 261 Å². The van der Waals surface area contributed by atoms with E-state index in [-0.39, 0.29) is 76.2 Å². The Labute approximate surface area is 260 Å². The van der Waals surface area contributed by atoms with Gasteiger partial charge in [-0.3, -0.25) is 19.1 Å². The van der Waals surface area contributed by atoms with E-state index in [2.05, 4.69) is 19.4 Å². The lowest BCUT2D eigenvalue weighted by Gasteiger charge is -2.50. The van der Waals surface area contributed by atoms with Crippen LogP contribution in [0.15, 0.2) is 39.8 Å². The number of anilines is 1. The average Bonchev–Trinajstić information content (AvgIpc) is 3.35. The van der Waals surface area contributed by atoms with Gasteiger partial charge < -0.3 is 32.5 Å². The molecule has 0 bridgehead atoms. The number of carbonyl (C=O) groups is 2. The summed E-state index contributed by atoms with van der Waals surface area (Å²) in [6, 6.07) is 6.58. The highest BCUT2D eigenvalue weighted by molar-refractivity contribution is 7.80. The van der Waals surface area contributed by atoms with Gasteiger partial charge in [0, 0.05) is 30.5 Å². The highest BCUT2D eigenvalue weighted by atomic mass is 32.3. The van der Waals surface area contributed by atoms with Crippen molar-refractivity contribution in [3.63, 3.8) is 0 Å². The zero-order valence-electron chi connectivity index (χ0n) is 22.8. The van der Waals surface area contributed by atoms with Gasteiger partial charge in [0.1, 0.15) is 23.9 Å². The Morgan fingerprint density at radius 3 is 2.35 bits per heavy atom. The van der Waals surface area contributed by atoms with Crippen molar-refractivity contribution in [1.82, 2.24) is 10.0 Å². The first kappa shape index (κ1) is 37.7. The molecule has 3 rings (SSSR count). The van der Waals surface area contributed by atoms with Gasteiger partial charge in [0.05, 0.1) is 17.5 Å². The van der Waals surface area contributed by atoms with Gasteiger partial charge in [0.2, 0.25) is 0 Å². The second-order valence-corrected chi connectivity index (χ2v) is 11.2. The minimum Gasteiger partial charge on any atom is -0.490 e. The number of aliphatic imine (C=N–C) groups is 1. The molecule has 0 aliphatic carbocycles. The van der Waals surface area contributed by atoms with Gasteiger partial charge >= 0.3 is 10.4 Å². The van der Waals surface area contributed by atoms with Gasteiger partial charge in [-0.05, 0) is 38.1 Å². The monoisotopic (exact) mass is 662 g/mol. The molecule has 0 saturated carbocycles. The molecule has 1 unspecified atom stereocenters. The van der Waals surface area contributed by atoms with E-state index in [0.717, 1.165) is 11.3 Å². The fourth-order valence-electron chi connectivity index (χ4n) is 3.79. The first-order valence-electron chi connectivity index (χ1n) is 12.2. The number of ether oxygens (including phenoxy) is 1. The predicted molar refractivity (Wildman–Crippen MR) is 167 cm³/mol. The van der Waals surface area contributed by atoms with Crippen LogP contribution in [0.4, 0.5) is 5.13 Å². The van der Waals surface area contributed by atoms with E-state index in [0.29, 0.717) is 22.2 Å². The summed E-state index contributed by atoms with van der Waals surface area (Å²) in [4.78, 5) is 39.2. The number of benzene rings is 1. The number of amides is 1. The molecule has 43 heavy (non-hydrogen) atoms. The quantitative estimate of drug-likeness (QED) is 0.0427. The van der Waals surface area contributed by atoms with E-state index < -0.39 is 33.5 Å². The number of carbonyl (C=O) groups excluding carboxylic acids is 2. The highest BCUT2D eigenvalue weighted by Gasteiger charge is 2.57. The number of amidine groups is 1. The second kappa shape index (κ2) is 15.9. The number of hydrogen-bond acceptors (Lipinski definition) is 14. The molecule has 1 aromatic carbocycles. The van der Waals surface area contributed by atoms with Crippen LogP contribution in [0.5, 0.6) is 5.75 Å². The van der Waals surface area contributed by atoms with Crippen LogP contribution in [-0.2, 0) is 29.1 Å². The lowest BCUT2D eigenvalue weighted by atomic mass is 9.74. The SMILES string of the molecule is C.CC1(C)C(CC(=O)/C(=N\OCCOc2ccc(C(N)=NC(CN)CN)cc2)c2csc(N)n2)C(=O)N1OS(=O)(=O)O.S. The van der Waals surface area contributed by atoms with E-state index in [9.17, 15) is 18.0 Å². The second-order valence-electron chi connectivity index (χ2n) is 9.32. The molecule has 2 aromatic rings. The minimum atomic E-state index is -4.92. The number of aromatic nitrogens is 1. The number of β-lactam (4-membered cyclic amide) rings is 1. The molecule has 240 valence electrons. The van der Waals surface area contributed by atoms with Gasteiger partial charge in [-0.25, -0.2) is 4.98 Å². The Morgan fingerprint density at radius 2 is 1.84 bits per heavy atom. The largest absolute Gasteiger partial charge is 0.490 e. The predicted octanol–water partition coefficient (Wildman–Crippen LogP) is 0.196. The maximum absolute atomic E-state index is 13.1.